The van der Waals surface area contributed by atoms with E-state index in [1.54, 1.807) is 0 Å². The molecule has 1 aromatic heterocycles. The van der Waals surface area contributed by atoms with Gasteiger partial charge in [-0.25, -0.2) is 4.98 Å². The van der Waals surface area contributed by atoms with Crippen LogP contribution in [0, 0.1) is 6.92 Å². The average Bonchev–Trinajstić information content (AvgIpc) is 3.37. The molecular weight excluding hydrogens is 434 g/mol. The van der Waals surface area contributed by atoms with Crippen molar-refractivity contribution in [1.82, 2.24) is 14.5 Å². The number of hydrogen-bond acceptors (Lipinski definition) is 3. The summed E-state index contributed by atoms with van der Waals surface area (Å²) >= 11 is 6.13. The number of halogens is 1. The number of aromatic nitrogens is 2. The second-order valence-corrected chi connectivity index (χ2v) is 8.94. The third-order valence-electron chi connectivity index (χ3n) is 6.19. The highest BCUT2D eigenvalue weighted by molar-refractivity contribution is 6.31. The Balaban J connectivity index is 1.35. The number of fused-ring (bicyclic) bond motifs is 1. The van der Waals surface area contributed by atoms with Crippen LogP contribution in [-0.2, 0) is 17.9 Å². The van der Waals surface area contributed by atoms with Crippen LogP contribution in [-0.4, -0.2) is 33.5 Å². The highest BCUT2D eigenvalue weighted by Gasteiger charge is 2.34. The first-order valence-corrected chi connectivity index (χ1v) is 11.6. The minimum atomic E-state index is 0.0615. The molecule has 168 valence electrons. The average molecular weight is 460 g/mol. The standard InChI is InChI=1S/C27H26ClN3O2/c1-19-15-22(11-12-23(19)28)33-14-13-31-25-10-6-5-9-24(25)29-27(31)21-16-26(32)30(18-21)17-20-7-3-2-4-8-20/h2-12,15,21H,13-14,16-18H2,1H3/t21-/m0/s1. The van der Waals surface area contributed by atoms with E-state index in [1.165, 1.54) is 0 Å². The van der Waals surface area contributed by atoms with Gasteiger partial charge in [0.1, 0.15) is 18.2 Å². The monoisotopic (exact) mass is 459 g/mol. The lowest BCUT2D eigenvalue weighted by Crippen LogP contribution is -2.24. The molecule has 0 saturated carbocycles. The largest absolute Gasteiger partial charge is 0.492 e. The maximum atomic E-state index is 12.8. The van der Waals surface area contributed by atoms with E-state index < -0.39 is 0 Å². The lowest BCUT2D eigenvalue weighted by Gasteiger charge is -2.17. The molecule has 1 atom stereocenters. The van der Waals surface area contributed by atoms with Gasteiger partial charge in [-0.3, -0.25) is 4.79 Å². The molecular formula is C27H26ClN3O2. The molecule has 0 N–H and O–H groups in total. The van der Waals surface area contributed by atoms with Gasteiger partial charge in [0.15, 0.2) is 0 Å². The first kappa shape index (κ1) is 21.5. The minimum absolute atomic E-state index is 0.0615. The van der Waals surface area contributed by atoms with Crippen molar-refractivity contribution in [1.29, 1.82) is 0 Å². The Hall–Kier alpha value is -3.31. The maximum Gasteiger partial charge on any atom is 0.223 e. The van der Waals surface area contributed by atoms with Crippen LogP contribution in [0.4, 0.5) is 0 Å². The van der Waals surface area contributed by atoms with Crippen molar-refractivity contribution in [2.45, 2.75) is 32.4 Å². The number of aryl methyl sites for hydroxylation is 1. The van der Waals surface area contributed by atoms with Crippen LogP contribution >= 0.6 is 11.6 Å². The Bertz CT molecular complexity index is 1290. The summed E-state index contributed by atoms with van der Waals surface area (Å²) in [5, 5.41) is 0.733. The van der Waals surface area contributed by atoms with E-state index in [0.717, 1.165) is 38.8 Å². The zero-order chi connectivity index (χ0) is 22.8. The van der Waals surface area contributed by atoms with Crippen molar-refractivity contribution in [3.8, 4) is 5.75 Å². The van der Waals surface area contributed by atoms with Gasteiger partial charge >= 0.3 is 0 Å². The molecule has 0 spiro atoms. The number of rotatable bonds is 7. The third-order valence-corrected chi connectivity index (χ3v) is 6.62. The summed E-state index contributed by atoms with van der Waals surface area (Å²) in [6, 6.07) is 24.0. The van der Waals surface area contributed by atoms with Crippen LogP contribution in [0.3, 0.4) is 0 Å². The van der Waals surface area contributed by atoms with Gasteiger partial charge in [0.25, 0.3) is 0 Å². The summed E-state index contributed by atoms with van der Waals surface area (Å²) in [5.74, 6) is 1.99. The van der Waals surface area contributed by atoms with E-state index in [4.69, 9.17) is 21.3 Å². The predicted molar refractivity (Wildman–Crippen MR) is 131 cm³/mol. The Morgan fingerprint density at radius 2 is 1.85 bits per heavy atom. The molecule has 0 radical (unpaired) electrons. The summed E-state index contributed by atoms with van der Waals surface area (Å²) in [7, 11) is 0. The van der Waals surface area contributed by atoms with Gasteiger partial charge in [0.05, 0.1) is 17.6 Å². The van der Waals surface area contributed by atoms with Crippen LogP contribution in [0.1, 0.15) is 29.3 Å². The molecule has 1 fully saturated rings. The van der Waals surface area contributed by atoms with Crippen molar-refractivity contribution in [2.75, 3.05) is 13.2 Å². The number of hydrogen-bond donors (Lipinski definition) is 0. The molecule has 0 bridgehead atoms. The zero-order valence-electron chi connectivity index (χ0n) is 18.6. The highest BCUT2D eigenvalue weighted by atomic mass is 35.5. The molecule has 0 unspecified atom stereocenters. The number of carbonyl (C=O) groups is 1. The van der Waals surface area contributed by atoms with Gasteiger partial charge in [-0.05, 0) is 48.4 Å². The minimum Gasteiger partial charge on any atom is -0.492 e. The Labute approximate surface area is 198 Å². The van der Waals surface area contributed by atoms with Crippen molar-refractivity contribution in [2.24, 2.45) is 0 Å². The van der Waals surface area contributed by atoms with Gasteiger partial charge in [-0.15, -0.1) is 0 Å². The number of nitrogens with zero attached hydrogens (tertiary/aromatic N) is 3. The van der Waals surface area contributed by atoms with E-state index in [2.05, 4.69) is 22.8 Å². The van der Waals surface area contributed by atoms with Gasteiger partial charge in [-0.1, -0.05) is 54.1 Å². The van der Waals surface area contributed by atoms with E-state index in [-0.39, 0.29) is 11.8 Å². The number of benzene rings is 3. The highest BCUT2D eigenvalue weighted by Crippen LogP contribution is 2.31. The number of carbonyl (C=O) groups excluding carboxylic acids is 1. The SMILES string of the molecule is Cc1cc(OCCn2c([C@H]3CC(=O)N(Cc4ccccc4)C3)nc3ccccc32)ccc1Cl. The molecule has 5 rings (SSSR count). The zero-order valence-corrected chi connectivity index (χ0v) is 19.3. The second-order valence-electron chi connectivity index (χ2n) is 8.53. The van der Waals surface area contributed by atoms with Crippen molar-refractivity contribution in [3.05, 3.63) is 94.8 Å². The normalized spacial score (nSPS) is 16.0. The van der Waals surface area contributed by atoms with Crippen LogP contribution < -0.4 is 4.74 Å². The Kier molecular flexibility index (Phi) is 6.05. The molecule has 0 aliphatic carbocycles. The number of ether oxygens (including phenoxy) is 1. The molecule has 6 heteroatoms. The van der Waals surface area contributed by atoms with Gasteiger partial charge in [0.2, 0.25) is 5.91 Å². The maximum absolute atomic E-state index is 12.8. The quantitative estimate of drug-likeness (QED) is 0.361. The number of amides is 1. The van der Waals surface area contributed by atoms with Crippen LogP contribution in [0.2, 0.25) is 5.02 Å². The second kappa shape index (κ2) is 9.28. The van der Waals surface area contributed by atoms with Crippen LogP contribution in [0.15, 0.2) is 72.8 Å². The summed E-state index contributed by atoms with van der Waals surface area (Å²) in [6.07, 6.45) is 0.480. The molecule has 2 heterocycles. The first-order valence-electron chi connectivity index (χ1n) is 11.2. The number of imidazole rings is 1. The summed E-state index contributed by atoms with van der Waals surface area (Å²) in [5.41, 5.74) is 4.15. The molecule has 1 aliphatic heterocycles. The molecule has 33 heavy (non-hydrogen) atoms. The summed E-state index contributed by atoms with van der Waals surface area (Å²) < 4.78 is 8.23. The molecule has 4 aromatic rings. The summed E-state index contributed by atoms with van der Waals surface area (Å²) in [4.78, 5) is 19.7. The van der Waals surface area contributed by atoms with Crippen LogP contribution in [0.25, 0.3) is 11.0 Å². The summed E-state index contributed by atoms with van der Waals surface area (Å²) in [6.45, 7) is 4.43. The lowest BCUT2D eigenvalue weighted by atomic mass is 10.1. The van der Waals surface area contributed by atoms with E-state index in [0.29, 0.717) is 32.7 Å². The van der Waals surface area contributed by atoms with Crippen LogP contribution in [0.5, 0.6) is 5.75 Å². The lowest BCUT2D eigenvalue weighted by molar-refractivity contribution is -0.128. The fourth-order valence-corrected chi connectivity index (χ4v) is 4.62. The van der Waals surface area contributed by atoms with Crippen molar-refractivity contribution < 1.29 is 9.53 Å². The van der Waals surface area contributed by atoms with Gasteiger partial charge in [-0.2, -0.15) is 0 Å². The number of likely N-dealkylation sites (tertiary alicyclic amines) is 1. The molecule has 3 aromatic carbocycles. The van der Waals surface area contributed by atoms with E-state index >= 15 is 0 Å². The molecule has 1 aliphatic rings. The van der Waals surface area contributed by atoms with Gasteiger partial charge in [0, 0.05) is 30.5 Å². The van der Waals surface area contributed by atoms with E-state index in [1.807, 2.05) is 66.4 Å². The molecule has 5 nitrogen and oxygen atoms in total. The third kappa shape index (κ3) is 4.60. The smallest absolute Gasteiger partial charge is 0.223 e. The first-order chi connectivity index (χ1) is 16.1. The number of para-hydroxylation sites is 2. The predicted octanol–water partition coefficient (Wildman–Crippen LogP) is 5.59. The fourth-order valence-electron chi connectivity index (χ4n) is 4.50. The Morgan fingerprint density at radius 1 is 1.06 bits per heavy atom. The molecule has 1 saturated heterocycles. The van der Waals surface area contributed by atoms with Gasteiger partial charge < -0.3 is 14.2 Å². The van der Waals surface area contributed by atoms with Crippen molar-refractivity contribution in [3.63, 3.8) is 0 Å². The fraction of sp³-hybridized carbons (Fsp3) is 0.259. The Morgan fingerprint density at radius 3 is 2.67 bits per heavy atom. The molecule has 1 amide bonds. The van der Waals surface area contributed by atoms with E-state index in [9.17, 15) is 4.79 Å². The van der Waals surface area contributed by atoms with Crippen molar-refractivity contribution >= 4 is 28.5 Å². The topological polar surface area (TPSA) is 47.4 Å².